The van der Waals surface area contributed by atoms with Crippen LogP contribution in [0.2, 0.25) is 0 Å². The zero-order chi connectivity index (χ0) is 16.4. The Morgan fingerprint density at radius 2 is 1.83 bits per heavy atom. The fourth-order valence-corrected chi connectivity index (χ4v) is 2.46. The molecule has 0 radical (unpaired) electrons. The summed E-state index contributed by atoms with van der Waals surface area (Å²) in [4.78, 5) is 8.83. The van der Waals surface area contributed by atoms with Gasteiger partial charge in [-0.2, -0.15) is 9.78 Å². The van der Waals surface area contributed by atoms with Crippen molar-refractivity contribution in [3.8, 4) is 17.2 Å². The minimum Gasteiger partial charge on any atom is -0.253 e. The third kappa shape index (κ3) is 2.65. The first-order chi connectivity index (χ1) is 11.8. The molecule has 0 aliphatic heterocycles. The first kappa shape index (κ1) is 14.2. The third-order valence-corrected chi connectivity index (χ3v) is 3.50. The van der Waals surface area contributed by atoms with E-state index in [2.05, 4.69) is 30.6 Å². The van der Waals surface area contributed by atoms with Crippen molar-refractivity contribution in [1.29, 1.82) is 0 Å². The number of aromatic nitrogens is 8. The summed E-state index contributed by atoms with van der Waals surface area (Å²) in [7, 11) is 0. The number of aryl methyl sites for hydroxylation is 1. The van der Waals surface area contributed by atoms with Crippen LogP contribution in [-0.2, 0) is 6.54 Å². The van der Waals surface area contributed by atoms with Crippen LogP contribution in [0.4, 0.5) is 0 Å². The van der Waals surface area contributed by atoms with Crippen LogP contribution >= 0.6 is 0 Å². The van der Waals surface area contributed by atoms with Crippen LogP contribution in [-0.4, -0.2) is 40.0 Å². The largest absolute Gasteiger partial charge is 0.253 e. The Morgan fingerprint density at radius 3 is 2.62 bits per heavy atom. The van der Waals surface area contributed by atoms with E-state index in [0.29, 0.717) is 24.0 Å². The van der Waals surface area contributed by atoms with Gasteiger partial charge in [-0.05, 0) is 41.6 Å². The van der Waals surface area contributed by atoms with E-state index in [1.54, 1.807) is 15.6 Å². The molecule has 3 aromatic heterocycles. The van der Waals surface area contributed by atoms with Crippen molar-refractivity contribution in [2.75, 3.05) is 0 Å². The topological polar surface area (TPSA) is 87.2 Å². The van der Waals surface area contributed by atoms with Crippen LogP contribution < -0.4 is 0 Å². The van der Waals surface area contributed by atoms with Gasteiger partial charge >= 0.3 is 0 Å². The SMILES string of the molecule is Cc1nc(-c2ccccn2)n(Cc2nnnn2-c2ccccc2)n1. The average Bonchev–Trinajstić information content (AvgIpc) is 3.23. The summed E-state index contributed by atoms with van der Waals surface area (Å²) < 4.78 is 3.46. The van der Waals surface area contributed by atoms with Gasteiger partial charge in [0.2, 0.25) is 0 Å². The van der Waals surface area contributed by atoms with Crippen LogP contribution in [0, 0.1) is 6.92 Å². The maximum atomic E-state index is 4.48. The Hall–Kier alpha value is -3.42. The second-order valence-electron chi connectivity index (χ2n) is 5.20. The molecule has 1 aromatic carbocycles. The highest BCUT2D eigenvalue weighted by Gasteiger charge is 2.15. The zero-order valence-corrected chi connectivity index (χ0v) is 13.0. The summed E-state index contributed by atoms with van der Waals surface area (Å²) in [5.74, 6) is 2.04. The predicted molar refractivity (Wildman–Crippen MR) is 86.2 cm³/mol. The van der Waals surface area contributed by atoms with Gasteiger partial charge in [0.05, 0.1) is 5.69 Å². The van der Waals surface area contributed by atoms with Crippen molar-refractivity contribution in [2.24, 2.45) is 0 Å². The second kappa shape index (κ2) is 5.99. The van der Waals surface area contributed by atoms with Gasteiger partial charge < -0.3 is 0 Å². The van der Waals surface area contributed by atoms with Crippen molar-refractivity contribution in [3.63, 3.8) is 0 Å². The van der Waals surface area contributed by atoms with Gasteiger partial charge in [0, 0.05) is 6.20 Å². The maximum Gasteiger partial charge on any atom is 0.178 e. The van der Waals surface area contributed by atoms with Gasteiger partial charge in [0.25, 0.3) is 0 Å². The Balaban J connectivity index is 1.72. The molecule has 0 N–H and O–H groups in total. The molecule has 0 amide bonds. The van der Waals surface area contributed by atoms with Crippen molar-refractivity contribution < 1.29 is 0 Å². The summed E-state index contributed by atoms with van der Waals surface area (Å²) in [6.45, 7) is 2.25. The van der Waals surface area contributed by atoms with E-state index >= 15 is 0 Å². The van der Waals surface area contributed by atoms with Crippen LogP contribution in [0.5, 0.6) is 0 Å². The van der Waals surface area contributed by atoms with Crippen molar-refractivity contribution in [2.45, 2.75) is 13.5 Å². The van der Waals surface area contributed by atoms with Gasteiger partial charge in [-0.15, -0.1) is 5.10 Å². The average molecular weight is 318 g/mol. The highest BCUT2D eigenvalue weighted by Crippen LogP contribution is 2.16. The lowest BCUT2D eigenvalue weighted by Crippen LogP contribution is -2.11. The number of para-hydroxylation sites is 1. The Labute approximate surface area is 137 Å². The van der Waals surface area contributed by atoms with Gasteiger partial charge in [-0.1, -0.05) is 24.3 Å². The lowest BCUT2D eigenvalue weighted by molar-refractivity contribution is 0.634. The van der Waals surface area contributed by atoms with Crippen LogP contribution in [0.1, 0.15) is 11.6 Å². The molecule has 0 spiro atoms. The molecule has 0 fully saturated rings. The predicted octanol–water partition coefficient (Wildman–Crippen LogP) is 1.67. The lowest BCUT2D eigenvalue weighted by atomic mass is 10.3. The third-order valence-electron chi connectivity index (χ3n) is 3.50. The first-order valence-electron chi connectivity index (χ1n) is 7.47. The molecule has 0 atom stereocenters. The molecule has 0 saturated heterocycles. The summed E-state index contributed by atoms with van der Waals surface area (Å²) in [6, 6.07) is 15.4. The fourth-order valence-electron chi connectivity index (χ4n) is 2.46. The molecule has 4 aromatic rings. The Morgan fingerprint density at radius 1 is 1.00 bits per heavy atom. The fraction of sp³-hybridized carbons (Fsp3) is 0.125. The number of hydrogen-bond acceptors (Lipinski definition) is 6. The second-order valence-corrected chi connectivity index (χ2v) is 5.20. The number of benzene rings is 1. The molecule has 3 heterocycles. The summed E-state index contributed by atoms with van der Waals surface area (Å²) in [5, 5.41) is 16.4. The van der Waals surface area contributed by atoms with Gasteiger partial charge in [-0.3, -0.25) is 4.98 Å². The molecule has 4 rings (SSSR count). The zero-order valence-electron chi connectivity index (χ0n) is 13.0. The van der Waals surface area contributed by atoms with Crippen molar-refractivity contribution >= 4 is 0 Å². The molecule has 0 aliphatic rings. The quantitative estimate of drug-likeness (QED) is 0.569. The molecule has 0 aliphatic carbocycles. The van der Waals surface area contributed by atoms with Crippen LogP contribution in [0.3, 0.4) is 0 Å². The molecule has 0 unspecified atom stereocenters. The molecule has 0 bridgehead atoms. The van der Waals surface area contributed by atoms with Crippen LogP contribution in [0.15, 0.2) is 54.7 Å². The van der Waals surface area contributed by atoms with Gasteiger partial charge in [-0.25, -0.2) is 9.67 Å². The molecule has 8 nitrogen and oxygen atoms in total. The summed E-state index contributed by atoms with van der Waals surface area (Å²) in [5.41, 5.74) is 1.66. The van der Waals surface area contributed by atoms with E-state index in [0.717, 1.165) is 11.4 Å². The highest BCUT2D eigenvalue weighted by molar-refractivity contribution is 5.48. The molecule has 24 heavy (non-hydrogen) atoms. The molecular formula is C16H14N8. The number of nitrogens with zero attached hydrogens (tertiary/aromatic N) is 8. The summed E-state index contributed by atoms with van der Waals surface area (Å²) in [6.07, 6.45) is 1.73. The van der Waals surface area contributed by atoms with E-state index in [-0.39, 0.29) is 0 Å². The van der Waals surface area contributed by atoms with Gasteiger partial charge in [0.15, 0.2) is 11.6 Å². The van der Waals surface area contributed by atoms with E-state index in [1.165, 1.54) is 0 Å². The monoisotopic (exact) mass is 318 g/mol. The van der Waals surface area contributed by atoms with Crippen molar-refractivity contribution in [3.05, 3.63) is 66.4 Å². The number of pyridine rings is 1. The van der Waals surface area contributed by atoms with Crippen molar-refractivity contribution in [1.82, 2.24) is 40.0 Å². The number of hydrogen-bond donors (Lipinski definition) is 0. The molecule has 8 heteroatoms. The smallest absolute Gasteiger partial charge is 0.178 e. The number of rotatable bonds is 4. The van der Waals surface area contributed by atoms with E-state index in [1.807, 2.05) is 55.5 Å². The summed E-state index contributed by atoms with van der Waals surface area (Å²) >= 11 is 0. The van der Waals surface area contributed by atoms with E-state index in [4.69, 9.17) is 0 Å². The minimum atomic E-state index is 0.397. The Bertz CT molecular complexity index is 943. The van der Waals surface area contributed by atoms with Gasteiger partial charge in [0.1, 0.15) is 18.1 Å². The van der Waals surface area contributed by atoms with E-state index < -0.39 is 0 Å². The highest BCUT2D eigenvalue weighted by atomic mass is 15.6. The standard InChI is InChI=1S/C16H14N8/c1-12-18-16(14-9-5-6-10-17-14)23(20-12)11-15-19-21-22-24(15)13-7-3-2-4-8-13/h2-10H,11H2,1H3. The van der Waals surface area contributed by atoms with Crippen LogP contribution in [0.25, 0.3) is 17.2 Å². The molecular weight excluding hydrogens is 304 g/mol. The number of tetrazole rings is 1. The van der Waals surface area contributed by atoms with E-state index in [9.17, 15) is 0 Å². The maximum absolute atomic E-state index is 4.48. The Kier molecular flexibility index (Phi) is 3.54. The first-order valence-corrected chi connectivity index (χ1v) is 7.47. The normalized spacial score (nSPS) is 10.9. The molecule has 118 valence electrons. The minimum absolute atomic E-state index is 0.397. The lowest BCUT2D eigenvalue weighted by Gasteiger charge is -2.06. The molecule has 0 saturated carbocycles.